The van der Waals surface area contributed by atoms with E-state index >= 15 is 0 Å². The second kappa shape index (κ2) is 7.56. The van der Waals surface area contributed by atoms with Crippen LogP contribution in [-0.2, 0) is 10.2 Å². The lowest BCUT2D eigenvalue weighted by Crippen LogP contribution is -2.38. The van der Waals surface area contributed by atoms with E-state index in [0.717, 1.165) is 11.1 Å². The number of aliphatic carboxylic acids is 1. The summed E-state index contributed by atoms with van der Waals surface area (Å²) in [5.41, 5.74) is 2.28. The van der Waals surface area contributed by atoms with Gasteiger partial charge in [0.1, 0.15) is 11.7 Å². The number of halogens is 1. The number of hydrogen-bond acceptors (Lipinski definition) is 5. The molecule has 152 valence electrons. The Morgan fingerprint density at radius 1 is 1.17 bits per heavy atom. The zero-order chi connectivity index (χ0) is 21.5. The van der Waals surface area contributed by atoms with Gasteiger partial charge in [0, 0.05) is 10.6 Å². The predicted molar refractivity (Wildman–Crippen MR) is 111 cm³/mol. The lowest BCUT2D eigenvalue weighted by molar-refractivity contribution is -0.312. The van der Waals surface area contributed by atoms with Crippen LogP contribution in [0.5, 0.6) is 5.75 Å². The largest absolute Gasteiger partial charge is 0.546 e. The molecule has 0 fully saturated rings. The van der Waals surface area contributed by atoms with Crippen LogP contribution < -0.4 is 15.3 Å². The van der Waals surface area contributed by atoms with Crippen LogP contribution in [0.4, 0.5) is 0 Å². The van der Waals surface area contributed by atoms with Gasteiger partial charge in [-0.25, -0.2) is 0 Å². The molecule has 0 aliphatic rings. The number of carboxylic acid groups (broad SMARTS) is 1. The number of hydrogen-bond donors (Lipinski definition) is 0. The molecule has 3 rings (SSSR count). The van der Waals surface area contributed by atoms with E-state index in [0.29, 0.717) is 16.2 Å². The highest BCUT2D eigenvalue weighted by Crippen LogP contribution is 2.34. The minimum absolute atomic E-state index is 0.0422. The Morgan fingerprint density at radius 3 is 2.34 bits per heavy atom. The summed E-state index contributed by atoms with van der Waals surface area (Å²) in [6, 6.07) is 10.7. The molecule has 1 aromatic heterocycles. The molecule has 1 heterocycles. The summed E-state index contributed by atoms with van der Waals surface area (Å²) in [4.78, 5) is 24.3. The minimum Gasteiger partial charge on any atom is -0.546 e. The van der Waals surface area contributed by atoms with Gasteiger partial charge >= 0.3 is 0 Å². The van der Waals surface area contributed by atoms with Crippen molar-refractivity contribution in [3.63, 3.8) is 0 Å². The van der Waals surface area contributed by atoms with E-state index in [9.17, 15) is 14.7 Å². The standard InChI is InChI=1S/C23H23ClO5/c1-12-10-18-16(11-17(12)24)19(25)21(28-13(2)22(26)27)20(29-18)14-6-8-15(9-7-14)23(3,4)5/h6-11,13H,1-5H3,(H,26,27)/p-1/t13-/m0/s1. The Kier molecular flexibility index (Phi) is 5.46. The van der Waals surface area contributed by atoms with Gasteiger partial charge < -0.3 is 19.1 Å². The van der Waals surface area contributed by atoms with E-state index in [-0.39, 0.29) is 22.3 Å². The molecule has 3 aromatic rings. The average Bonchev–Trinajstić information content (AvgIpc) is 2.64. The number of carboxylic acids is 1. The Bertz CT molecular complexity index is 1140. The van der Waals surface area contributed by atoms with Gasteiger partial charge in [0.05, 0.1) is 11.4 Å². The van der Waals surface area contributed by atoms with Crippen LogP contribution in [0.25, 0.3) is 22.3 Å². The van der Waals surface area contributed by atoms with Crippen LogP contribution >= 0.6 is 11.6 Å². The molecule has 0 N–H and O–H groups in total. The van der Waals surface area contributed by atoms with E-state index in [2.05, 4.69) is 20.8 Å². The molecular formula is C23H22ClO5-. The zero-order valence-corrected chi connectivity index (χ0v) is 17.7. The fourth-order valence-electron chi connectivity index (χ4n) is 2.94. The molecule has 0 aliphatic heterocycles. The third kappa shape index (κ3) is 4.15. The van der Waals surface area contributed by atoms with Gasteiger partial charge in [-0.2, -0.15) is 0 Å². The maximum atomic E-state index is 13.1. The van der Waals surface area contributed by atoms with Crippen molar-refractivity contribution < 1.29 is 19.1 Å². The summed E-state index contributed by atoms with van der Waals surface area (Å²) in [5.74, 6) is -1.45. The van der Waals surface area contributed by atoms with Gasteiger partial charge in [0.15, 0.2) is 5.76 Å². The van der Waals surface area contributed by atoms with Crippen LogP contribution in [0.2, 0.25) is 5.02 Å². The molecule has 0 amide bonds. The number of carbonyl (C=O) groups is 1. The van der Waals surface area contributed by atoms with Crippen molar-refractivity contribution in [2.75, 3.05) is 0 Å². The quantitative estimate of drug-likeness (QED) is 0.639. The summed E-state index contributed by atoms with van der Waals surface area (Å²) < 4.78 is 11.5. The Balaban J connectivity index is 2.27. The Labute approximate surface area is 173 Å². The molecule has 0 aliphatic carbocycles. The van der Waals surface area contributed by atoms with Crippen molar-refractivity contribution in [1.82, 2.24) is 0 Å². The normalized spacial score (nSPS) is 12.8. The van der Waals surface area contributed by atoms with Crippen LogP contribution in [0, 0.1) is 6.92 Å². The predicted octanol–water partition coefficient (Wildman–Crippen LogP) is 4.24. The van der Waals surface area contributed by atoms with E-state index in [1.54, 1.807) is 6.07 Å². The maximum Gasteiger partial charge on any atom is 0.235 e. The molecule has 29 heavy (non-hydrogen) atoms. The number of aryl methyl sites for hydroxylation is 1. The molecule has 0 bridgehead atoms. The van der Waals surface area contributed by atoms with Crippen molar-refractivity contribution in [2.24, 2.45) is 0 Å². The lowest BCUT2D eigenvalue weighted by atomic mass is 9.86. The van der Waals surface area contributed by atoms with Crippen molar-refractivity contribution in [3.8, 4) is 17.1 Å². The molecule has 6 heteroatoms. The summed E-state index contributed by atoms with van der Waals surface area (Å²) in [7, 11) is 0. The third-order valence-electron chi connectivity index (χ3n) is 4.77. The summed E-state index contributed by atoms with van der Waals surface area (Å²) in [6.07, 6.45) is -1.33. The molecule has 0 unspecified atom stereocenters. The SMILES string of the molecule is Cc1cc2oc(-c3ccc(C(C)(C)C)cc3)c(O[C@@H](C)C(=O)[O-])c(=O)c2cc1Cl. The van der Waals surface area contributed by atoms with Crippen molar-refractivity contribution in [3.05, 3.63) is 62.8 Å². The molecule has 0 saturated heterocycles. The number of benzene rings is 2. The van der Waals surface area contributed by atoms with Crippen LogP contribution in [0.15, 0.2) is 45.6 Å². The van der Waals surface area contributed by atoms with Crippen LogP contribution in [0.3, 0.4) is 0 Å². The van der Waals surface area contributed by atoms with Crippen molar-refractivity contribution in [1.29, 1.82) is 0 Å². The number of ether oxygens (including phenoxy) is 1. The number of rotatable bonds is 4. The highest BCUT2D eigenvalue weighted by molar-refractivity contribution is 6.32. The highest BCUT2D eigenvalue weighted by atomic mass is 35.5. The average molecular weight is 414 g/mol. The Hall–Kier alpha value is -2.79. The van der Waals surface area contributed by atoms with Gasteiger partial charge in [-0.05, 0) is 42.5 Å². The first kappa shape index (κ1) is 20.9. The molecule has 0 radical (unpaired) electrons. The zero-order valence-electron chi connectivity index (χ0n) is 17.0. The van der Waals surface area contributed by atoms with Crippen LogP contribution in [-0.4, -0.2) is 12.1 Å². The monoisotopic (exact) mass is 413 g/mol. The summed E-state index contributed by atoms with van der Waals surface area (Å²) in [6.45, 7) is 9.40. The first-order valence-corrected chi connectivity index (χ1v) is 9.62. The molecular weight excluding hydrogens is 392 g/mol. The summed E-state index contributed by atoms with van der Waals surface area (Å²) in [5, 5.41) is 11.8. The van der Waals surface area contributed by atoms with E-state index in [1.165, 1.54) is 13.0 Å². The molecule has 0 spiro atoms. The maximum absolute atomic E-state index is 13.1. The smallest absolute Gasteiger partial charge is 0.235 e. The molecule has 0 saturated carbocycles. The first-order valence-electron chi connectivity index (χ1n) is 9.24. The van der Waals surface area contributed by atoms with E-state index in [4.69, 9.17) is 20.8 Å². The lowest BCUT2D eigenvalue weighted by Gasteiger charge is -2.20. The van der Waals surface area contributed by atoms with Gasteiger partial charge in [-0.1, -0.05) is 56.6 Å². The van der Waals surface area contributed by atoms with Gasteiger partial charge in [0.2, 0.25) is 11.2 Å². The highest BCUT2D eigenvalue weighted by Gasteiger charge is 2.22. The topological polar surface area (TPSA) is 79.6 Å². The molecule has 2 aromatic carbocycles. The first-order chi connectivity index (χ1) is 13.5. The Morgan fingerprint density at radius 2 is 1.79 bits per heavy atom. The van der Waals surface area contributed by atoms with Gasteiger partial charge in [0.25, 0.3) is 0 Å². The summed E-state index contributed by atoms with van der Waals surface area (Å²) >= 11 is 6.16. The van der Waals surface area contributed by atoms with Crippen molar-refractivity contribution >= 4 is 28.5 Å². The second-order valence-electron chi connectivity index (χ2n) is 8.09. The fourth-order valence-corrected chi connectivity index (χ4v) is 3.11. The van der Waals surface area contributed by atoms with Gasteiger partial charge in [-0.3, -0.25) is 4.79 Å². The fraction of sp³-hybridized carbons (Fsp3) is 0.304. The van der Waals surface area contributed by atoms with Gasteiger partial charge in [-0.15, -0.1) is 0 Å². The molecule has 5 nitrogen and oxygen atoms in total. The number of carbonyl (C=O) groups excluding carboxylic acids is 1. The third-order valence-corrected chi connectivity index (χ3v) is 5.18. The van der Waals surface area contributed by atoms with E-state index < -0.39 is 17.5 Å². The van der Waals surface area contributed by atoms with Crippen LogP contribution in [0.1, 0.15) is 38.8 Å². The minimum atomic E-state index is -1.43. The van der Waals surface area contributed by atoms with Crippen molar-refractivity contribution in [2.45, 2.75) is 46.1 Å². The molecule has 1 atom stereocenters. The van der Waals surface area contributed by atoms with E-state index in [1.807, 2.05) is 31.2 Å². The second-order valence-corrected chi connectivity index (χ2v) is 8.50. The number of fused-ring (bicyclic) bond motifs is 1.